The molecular formula is C23H28Cl3N3O4S. The van der Waals surface area contributed by atoms with Gasteiger partial charge in [0.25, 0.3) is 0 Å². The Kier molecular flexibility index (Phi) is 10.1. The molecule has 0 radical (unpaired) electrons. The normalized spacial score (nSPS) is 12.2. The van der Waals surface area contributed by atoms with Gasteiger partial charge in [0.15, 0.2) is 0 Å². The van der Waals surface area contributed by atoms with Crippen LogP contribution in [0.25, 0.3) is 0 Å². The van der Waals surface area contributed by atoms with Gasteiger partial charge in [-0.05, 0) is 50.1 Å². The van der Waals surface area contributed by atoms with Crippen LogP contribution in [-0.2, 0) is 26.2 Å². The molecule has 1 N–H and O–H groups in total. The van der Waals surface area contributed by atoms with Gasteiger partial charge in [-0.3, -0.25) is 13.9 Å². The summed E-state index contributed by atoms with van der Waals surface area (Å²) in [4.78, 5) is 27.6. The van der Waals surface area contributed by atoms with Crippen LogP contribution in [0.1, 0.15) is 31.4 Å². The van der Waals surface area contributed by atoms with E-state index in [4.69, 9.17) is 34.8 Å². The molecule has 0 spiro atoms. The molecule has 34 heavy (non-hydrogen) atoms. The lowest BCUT2D eigenvalue weighted by molar-refractivity contribution is -0.139. The molecule has 0 saturated carbocycles. The molecule has 186 valence electrons. The van der Waals surface area contributed by atoms with Gasteiger partial charge in [0.05, 0.1) is 11.9 Å². The first-order valence-electron chi connectivity index (χ1n) is 10.6. The van der Waals surface area contributed by atoms with Crippen molar-refractivity contribution in [2.75, 3.05) is 23.7 Å². The smallest absolute Gasteiger partial charge is 0.244 e. The molecule has 11 heteroatoms. The molecule has 1 atom stereocenters. The Balaban J connectivity index is 2.48. The third kappa shape index (κ3) is 7.01. The SMILES string of the molecule is CCCNC(=O)[C@H](C)N(Cc1c(Cl)cccc1Cl)C(=O)CN(c1cccc(Cl)c1C)S(C)(=O)=O. The van der Waals surface area contributed by atoms with Crippen LogP contribution in [0.3, 0.4) is 0 Å². The Labute approximate surface area is 216 Å². The number of hydrogen-bond acceptors (Lipinski definition) is 4. The van der Waals surface area contributed by atoms with Crippen LogP contribution in [0.15, 0.2) is 36.4 Å². The molecule has 0 aliphatic rings. The molecule has 0 aliphatic carbocycles. The lowest BCUT2D eigenvalue weighted by atomic mass is 10.1. The van der Waals surface area contributed by atoms with Gasteiger partial charge >= 0.3 is 0 Å². The number of nitrogens with zero attached hydrogens (tertiary/aromatic N) is 2. The van der Waals surface area contributed by atoms with E-state index in [-0.39, 0.29) is 18.1 Å². The second-order valence-corrected chi connectivity index (χ2v) is 11.0. The number of rotatable bonds is 10. The van der Waals surface area contributed by atoms with Crippen molar-refractivity contribution in [2.45, 2.75) is 39.8 Å². The van der Waals surface area contributed by atoms with Gasteiger partial charge in [-0.25, -0.2) is 8.42 Å². The lowest BCUT2D eigenvalue weighted by Gasteiger charge is -2.32. The maximum absolute atomic E-state index is 13.5. The summed E-state index contributed by atoms with van der Waals surface area (Å²) >= 11 is 18.8. The zero-order chi connectivity index (χ0) is 25.6. The van der Waals surface area contributed by atoms with E-state index < -0.39 is 28.5 Å². The van der Waals surface area contributed by atoms with Crippen molar-refractivity contribution >= 4 is 62.3 Å². The minimum absolute atomic E-state index is 0.0792. The quantitative estimate of drug-likeness (QED) is 0.468. The van der Waals surface area contributed by atoms with Crippen molar-refractivity contribution in [1.29, 1.82) is 0 Å². The summed E-state index contributed by atoms with van der Waals surface area (Å²) in [6, 6.07) is 8.83. The monoisotopic (exact) mass is 547 g/mol. The second-order valence-electron chi connectivity index (χ2n) is 7.84. The number of benzene rings is 2. The Bertz CT molecular complexity index is 1140. The molecule has 0 heterocycles. The fraction of sp³-hybridized carbons (Fsp3) is 0.391. The summed E-state index contributed by atoms with van der Waals surface area (Å²) in [5.74, 6) is -0.969. The minimum atomic E-state index is -3.86. The van der Waals surface area contributed by atoms with E-state index in [1.807, 2.05) is 6.92 Å². The summed E-state index contributed by atoms with van der Waals surface area (Å²) in [6.07, 6.45) is 1.73. The maximum Gasteiger partial charge on any atom is 0.244 e. The number of sulfonamides is 1. The topological polar surface area (TPSA) is 86.8 Å². The molecule has 0 saturated heterocycles. The van der Waals surface area contributed by atoms with E-state index in [0.717, 1.165) is 17.0 Å². The highest BCUT2D eigenvalue weighted by Gasteiger charge is 2.31. The second kappa shape index (κ2) is 12.1. The van der Waals surface area contributed by atoms with E-state index in [0.29, 0.717) is 32.7 Å². The van der Waals surface area contributed by atoms with Crippen LogP contribution < -0.4 is 9.62 Å². The molecular weight excluding hydrogens is 521 g/mol. The summed E-state index contributed by atoms with van der Waals surface area (Å²) in [5, 5.41) is 3.79. The van der Waals surface area contributed by atoms with Gasteiger partial charge in [0, 0.05) is 33.7 Å². The van der Waals surface area contributed by atoms with Crippen molar-refractivity contribution in [3.05, 3.63) is 62.6 Å². The molecule has 2 amide bonds. The summed E-state index contributed by atoms with van der Waals surface area (Å²) in [5.41, 5.74) is 1.25. The molecule has 2 rings (SSSR count). The van der Waals surface area contributed by atoms with E-state index in [2.05, 4.69) is 5.32 Å². The molecule has 0 bridgehead atoms. The van der Waals surface area contributed by atoms with E-state index in [1.165, 1.54) is 4.90 Å². The Hall–Kier alpha value is -2.00. The predicted octanol–water partition coefficient (Wildman–Crippen LogP) is 4.66. The molecule has 2 aromatic rings. The highest BCUT2D eigenvalue weighted by atomic mass is 35.5. The van der Waals surface area contributed by atoms with Crippen molar-refractivity contribution in [1.82, 2.24) is 10.2 Å². The first-order valence-corrected chi connectivity index (χ1v) is 13.6. The number of anilines is 1. The van der Waals surface area contributed by atoms with Gasteiger partial charge in [-0.1, -0.05) is 53.9 Å². The van der Waals surface area contributed by atoms with Crippen molar-refractivity contribution in [3.8, 4) is 0 Å². The van der Waals surface area contributed by atoms with Gasteiger partial charge in [0.1, 0.15) is 12.6 Å². The van der Waals surface area contributed by atoms with E-state index in [9.17, 15) is 18.0 Å². The Morgan fingerprint density at radius 1 is 1.03 bits per heavy atom. The fourth-order valence-corrected chi connectivity index (χ4v) is 4.88. The Morgan fingerprint density at radius 3 is 2.15 bits per heavy atom. The van der Waals surface area contributed by atoms with Crippen molar-refractivity contribution < 1.29 is 18.0 Å². The number of halogens is 3. The average molecular weight is 549 g/mol. The Morgan fingerprint density at radius 2 is 1.59 bits per heavy atom. The number of carbonyl (C=O) groups is 2. The first kappa shape index (κ1) is 28.2. The fourth-order valence-electron chi connectivity index (χ4n) is 3.29. The van der Waals surface area contributed by atoms with Crippen LogP contribution >= 0.6 is 34.8 Å². The highest BCUT2D eigenvalue weighted by Crippen LogP contribution is 2.30. The third-order valence-electron chi connectivity index (χ3n) is 5.29. The minimum Gasteiger partial charge on any atom is -0.354 e. The molecule has 0 aliphatic heterocycles. The maximum atomic E-state index is 13.5. The summed E-state index contributed by atoms with van der Waals surface area (Å²) < 4.78 is 26.3. The standard InChI is InChI=1S/C23H28Cl3N3O4S/c1-5-12-27-23(31)16(3)28(13-17-19(25)9-6-10-20(17)26)22(30)14-29(34(4,32)33)21-11-7-8-18(24)15(21)2/h6-11,16H,5,12-14H2,1-4H3,(H,27,31)/t16-/m0/s1. The number of carbonyl (C=O) groups excluding carboxylic acids is 2. The lowest BCUT2D eigenvalue weighted by Crippen LogP contribution is -2.51. The van der Waals surface area contributed by atoms with Crippen molar-refractivity contribution in [3.63, 3.8) is 0 Å². The van der Waals surface area contributed by atoms with Crippen LogP contribution in [0.2, 0.25) is 15.1 Å². The van der Waals surface area contributed by atoms with Crippen LogP contribution in [0.5, 0.6) is 0 Å². The predicted molar refractivity (Wildman–Crippen MR) is 138 cm³/mol. The van der Waals surface area contributed by atoms with E-state index in [1.54, 1.807) is 50.2 Å². The largest absolute Gasteiger partial charge is 0.354 e. The first-order chi connectivity index (χ1) is 15.9. The number of hydrogen-bond donors (Lipinski definition) is 1. The molecule has 0 unspecified atom stereocenters. The molecule has 0 aromatic heterocycles. The van der Waals surface area contributed by atoms with Gasteiger partial charge < -0.3 is 10.2 Å². The van der Waals surface area contributed by atoms with Crippen LogP contribution in [-0.4, -0.2) is 50.5 Å². The average Bonchev–Trinajstić information content (AvgIpc) is 2.76. The van der Waals surface area contributed by atoms with Gasteiger partial charge in [0.2, 0.25) is 21.8 Å². The number of amides is 2. The van der Waals surface area contributed by atoms with Crippen LogP contribution in [0.4, 0.5) is 5.69 Å². The zero-order valence-corrected chi connectivity index (χ0v) is 22.5. The van der Waals surface area contributed by atoms with Crippen LogP contribution in [0, 0.1) is 6.92 Å². The summed E-state index contributed by atoms with van der Waals surface area (Å²) in [7, 11) is -3.86. The van der Waals surface area contributed by atoms with Gasteiger partial charge in [-0.2, -0.15) is 0 Å². The molecule has 7 nitrogen and oxygen atoms in total. The van der Waals surface area contributed by atoms with Crippen molar-refractivity contribution in [2.24, 2.45) is 0 Å². The summed E-state index contributed by atoms with van der Waals surface area (Å²) in [6.45, 7) is 4.98. The number of nitrogens with one attached hydrogen (secondary N) is 1. The highest BCUT2D eigenvalue weighted by molar-refractivity contribution is 7.92. The molecule has 2 aromatic carbocycles. The zero-order valence-electron chi connectivity index (χ0n) is 19.4. The van der Waals surface area contributed by atoms with Gasteiger partial charge in [-0.15, -0.1) is 0 Å². The van der Waals surface area contributed by atoms with E-state index >= 15 is 0 Å². The molecule has 0 fully saturated rings. The third-order valence-corrected chi connectivity index (χ3v) is 7.54.